The number of hydrogen-bond acceptors (Lipinski definition) is 4. The summed E-state index contributed by atoms with van der Waals surface area (Å²) in [6.07, 6.45) is 5.58. The molecule has 0 fully saturated rings. The minimum absolute atomic E-state index is 0.230. The lowest BCUT2D eigenvalue weighted by Gasteiger charge is -2.34. The largest absolute Gasteiger partial charge is 0.444 e. The van der Waals surface area contributed by atoms with Crippen LogP contribution in [0.2, 0.25) is 0 Å². The molecular weight excluding hydrogens is 430 g/mol. The zero-order valence-electron chi connectivity index (χ0n) is 21.8. The van der Waals surface area contributed by atoms with Crippen LogP contribution in [0.15, 0.2) is 30.8 Å². The SMILES string of the molecule is C=Cc1cccc(C(C(=O)NCCCCC)N(CCCC)C(=O)C(C)NC(=O)OC(C)(C)C)c1. The molecule has 3 amide bonds. The van der Waals surface area contributed by atoms with Gasteiger partial charge in [0.1, 0.15) is 17.7 Å². The number of nitrogens with zero attached hydrogens (tertiary/aromatic N) is 1. The maximum Gasteiger partial charge on any atom is 0.408 e. The van der Waals surface area contributed by atoms with Crippen LogP contribution < -0.4 is 10.6 Å². The first kappa shape index (κ1) is 29.2. The van der Waals surface area contributed by atoms with Crippen molar-refractivity contribution in [3.8, 4) is 0 Å². The van der Waals surface area contributed by atoms with Gasteiger partial charge in [0.05, 0.1) is 0 Å². The normalized spacial score (nSPS) is 12.9. The van der Waals surface area contributed by atoms with E-state index in [4.69, 9.17) is 4.74 Å². The van der Waals surface area contributed by atoms with Gasteiger partial charge in [-0.15, -0.1) is 0 Å². The Bertz CT molecular complexity index is 816. The topological polar surface area (TPSA) is 87.7 Å². The van der Waals surface area contributed by atoms with Crippen LogP contribution in [-0.2, 0) is 14.3 Å². The van der Waals surface area contributed by atoms with Gasteiger partial charge in [-0.25, -0.2) is 4.79 Å². The molecule has 34 heavy (non-hydrogen) atoms. The summed E-state index contributed by atoms with van der Waals surface area (Å²) in [5.41, 5.74) is 0.893. The van der Waals surface area contributed by atoms with Gasteiger partial charge in [0.25, 0.3) is 0 Å². The molecule has 1 aromatic rings. The van der Waals surface area contributed by atoms with E-state index in [2.05, 4.69) is 24.1 Å². The Kier molecular flexibility index (Phi) is 12.4. The Morgan fingerprint density at radius 2 is 1.79 bits per heavy atom. The van der Waals surface area contributed by atoms with Gasteiger partial charge in [0.15, 0.2) is 0 Å². The third kappa shape index (κ3) is 9.98. The molecule has 1 rings (SSSR count). The fourth-order valence-electron chi connectivity index (χ4n) is 3.50. The Balaban J connectivity index is 3.26. The summed E-state index contributed by atoms with van der Waals surface area (Å²) in [7, 11) is 0. The van der Waals surface area contributed by atoms with E-state index >= 15 is 0 Å². The molecule has 0 aliphatic carbocycles. The van der Waals surface area contributed by atoms with E-state index < -0.39 is 23.8 Å². The van der Waals surface area contributed by atoms with Crippen LogP contribution in [0.25, 0.3) is 6.08 Å². The van der Waals surface area contributed by atoms with Gasteiger partial charge < -0.3 is 20.3 Å². The van der Waals surface area contributed by atoms with Gasteiger partial charge in [-0.1, -0.05) is 64.0 Å². The number of nitrogens with one attached hydrogen (secondary N) is 2. The van der Waals surface area contributed by atoms with Gasteiger partial charge >= 0.3 is 6.09 Å². The number of alkyl carbamates (subject to hydrolysis) is 1. The van der Waals surface area contributed by atoms with Crippen LogP contribution in [0.4, 0.5) is 4.79 Å². The Labute approximate surface area is 205 Å². The van der Waals surface area contributed by atoms with Crippen molar-refractivity contribution in [1.82, 2.24) is 15.5 Å². The highest BCUT2D eigenvalue weighted by Crippen LogP contribution is 2.25. The number of hydrogen-bond donors (Lipinski definition) is 2. The second-order valence-corrected chi connectivity index (χ2v) is 9.53. The van der Waals surface area contributed by atoms with Crippen molar-refractivity contribution in [2.24, 2.45) is 0 Å². The van der Waals surface area contributed by atoms with Crippen molar-refractivity contribution in [3.05, 3.63) is 42.0 Å². The molecule has 2 atom stereocenters. The van der Waals surface area contributed by atoms with Crippen LogP contribution in [0, 0.1) is 0 Å². The fraction of sp³-hybridized carbons (Fsp3) is 0.593. The summed E-state index contributed by atoms with van der Waals surface area (Å²) in [5, 5.41) is 5.63. The van der Waals surface area contributed by atoms with Crippen molar-refractivity contribution in [2.75, 3.05) is 13.1 Å². The molecule has 7 nitrogen and oxygen atoms in total. The van der Waals surface area contributed by atoms with E-state index in [-0.39, 0.29) is 11.8 Å². The third-order valence-electron chi connectivity index (χ3n) is 5.24. The summed E-state index contributed by atoms with van der Waals surface area (Å²) in [6.45, 7) is 15.8. The molecule has 190 valence electrons. The lowest BCUT2D eigenvalue weighted by Crippen LogP contribution is -2.52. The summed E-state index contributed by atoms with van der Waals surface area (Å²) >= 11 is 0. The van der Waals surface area contributed by atoms with Crippen molar-refractivity contribution in [3.63, 3.8) is 0 Å². The number of rotatable bonds is 13. The van der Waals surface area contributed by atoms with Crippen LogP contribution in [0.5, 0.6) is 0 Å². The van der Waals surface area contributed by atoms with E-state index in [9.17, 15) is 14.4 Å². The molecule has 2 unspecified atom stereocenters. The highest BCUT2D eigenvalue weighted by Gasteiger charge is 2.34. The first-order valence-corrected chi connectivity index (χ1v) is 12.3. The third-order valence-corrected chi connectivity index (χ3v) is 5.24. The summed E-state index contributed by atoms with van der Waals surface area (Å²) in [6, 6.07) is 5.81. The Morgan fingerprint density at radius 1 is 1.12 bits per heavy atom. The Hall–Kier alpha value is -2.83. The monoisotopic (exact) mass is 473 g/mol. The zero-order chi connectivity index (χ0) is 25.7. The molecular formula is C27H43N3O4. The van der Waals surface area contributed by atoms with E-state index in [0.29, 0.717) is 18.7 Å². The number of unbranched alkanes of at least 4 members (excludes halogenated alkanes) is 3. The quantitative estimate of drug-likeness (QED) is 0.385. The predicted molar refractivity (Wildman–Crippen MR) is 137 cm³/mol. The second-order valence-electron chi connectivity index (χ2n) is 9.53. The van der Waals surface area contributed by atoms with E-state index in [1.54, 1.807) is 38.7 Å². The molecule has 0 aliphatic heterocycles. The molecule has 0 radical (unpaired) electrons. The van der Waals surface area contributed by atoms with Gasteiger partial charge in [-0.3, -0.25) is 9.59 Å². The molecule has 0 aromatic heterocycles. The van der Waals surface area contributed by atoms with Crippen LogP contribution in [0.3, 0.4) is 0 Å². The average Bonchev–Trinajstić information content (AvgIpc) is 2.77. The second kappa shape index (κ2) is 14.4. The van der Waals surface area contributed by atoms with Crippen molar-refractivity contribution in [1.29, 1.82) is 0 Å². The summed E-state index contributed by atoms with van der Waals surface area (Å²) in [5.74, 6) is -0.566. The Morgan fingerprint density at radius 3 is 2.38 bits per heavy atom. The number of benzene rings is 1. The van der Waals surface area contributed by atoms with Gasteiger partial charge in [0.2, 0.25) is 11.8 Å². The van der Waals surface area contributed by atoms with E-state index in [0.717, 1.165) is 37.7 Å². The fourth-order valence-corrected chi connectivity index (χ4v) is 3.50. The van der Waals surface area contributed by atoms with Crippen LogP contribution >= 0.6 is 0 Å². The molecule has 2 N–H and O–H groups in total. The lowest BCUT2D eigenvalue weighted by molar-refractivity contribution is -0.142. The molecule has 0 aliphatic rings. The minimum Gasteiger partial charge on any atom is -0.444 e. The lowest BCUT2D eigenvalue weighted by atomic mass is 10.00. The summed E-state index contributed by atoms with van der Waals surface area (Å²) < 4.78 is 5.31. The van der Waals surface area contributed by atoms with Crippen LogP contribution in [0.1, 0.15) is 90.8 Å². The smallest absolute Gasteiger partial charge is 0.408 e. The number of amides is 3. The van der Waals surface area contributed by atoms with Crippen molar-refractivity contribution < 1.29 is 19.1 Å². The van der Waals surface area contributed by atoms with Gasteiger partial charge in [-0.2, -0.15) is 0 Å². The van der Waals surface area contributed by atoms with Crippen molar-refractivity contribution in [2.45, 2.75) is 91.3 Å². The highest BCUT2D eigenvalue weighted by atomic mass is 16.6. The molecule has 0 saturated carbocycles. The van der Waals surface area contributed by atoms with Gasteiger partial charge in [-0.05, 0) is 57.7 Å². The maximum atomic E-state index is 13.6. The standard InChI is InChI=1S/C27H43N3O4/c1-8-11-13-17-28-24(31)23(22-16-14-15-21(10-3)19-22)30(18-12-9-2)25(32)20(4)29-26(33)34-27(5,6)7/h10,14-16,19-20,23H,3,8-9,11-13,17-18H2,1-2,4-7H3,(H,28,31)(H,29,33). The highest BCUT2D eigenvalue weighted by molar-refractivity contribution is 5.92. The number of carbonyl (C=O) groups excluding carboxylic acids is 3. The van der Waals surface area contributed by atoms with Crippen molar-refractivity contribution >= 4 is 24.0 Å². The number of ether oxygens (including phenoxy) is 1. The zero-order valence-corrected chi connectivity index (χ0v) is 21.8. The minimum atomic E-state index is -0.857. The number of carbonyl (C=O) groups is 3. The molecule has 1 aromatic carbocycles. The molecule has 0 bridgehead atoms. The maximum absolute atomic E-state index is 13.6. The van der Waals surface area contributed by atoms with E-state index in [1.807, 2.05) is 31.2 Å². The molecule has 0 heterocycles. The summed E-state index contributed by atoms with van der Waals surface area (Å²) in [4.78, 5) is 40.8. The molecule has 0 saturated heterocycles. The molecule has 7 heteroatoms. The first-order valence-electron chi connectivity index (χ1n) is 12.3. The van der Waals surface area contributed by atoms with Gasteiger partial charge in [0, 0.05) is 13.1 Å². The first-order chi connectivity index (χ1) is 16.0. The van der Waals surface area contributed by atoms with Crippen LogP contribution in [-0.4, -0.2) is 47.5 Å². The molecule has 0 spiro atoms. The average molecular weight is 474 g/mol. The van der Waals surface area contributed by atoms with E-state index in [1.165, 1.54) is 0 Å². The predicted octanol–water partition coefficient (Wildman–Crippen LogP) is 5.22.